The molecule has 0 aromatic heterocycles. The third-order valence-corrected chi connectivity index (χ3v) is 4.47. The van der Waals surface area contributed by atoms with Crippen LogP contribution in [-0.2, 0) is 6.42 Å². The van der Waals surface area contributed by atoms with Crippen molar-refractivity contribution in [2.45, 2.75) is 19.4 Å². The lowest BCUT2D eigenvalue weighted by Crippen LogP contribution is -2.23. The average molecular weight is 391 g/mol. The van der Waals surface area contributed by atoms with E-state index in [4.69, 9.17) is 23.2 Å². The largest absolute Gasteiger partial charge is 0.310 e. The van der Waals surface area contributed by atoms with Crippen LogP contribution in [0, 0.1) is 5.82 Å². The van der Waals surface area contributed by atoms with E-state index in [1.165, 1.54) is 6.07 Å². The van der Waals surface area contributed by atoms with Crippen LogP contribution in [0.5, 0.6) is 0 Å². The highest BCUT2D eigenvalue weighted by atomic mass is 79.9. The lowest BCUT2D eigenvalue weighted by molar-refractivity contribution is 0.528. The summed E-state index contributed by atoms with van der Waals surface area (Å²) in [7, 11) is 0. The van der Waals surface area contributed by atoms with Crippen LogP contribution in [0.15, 0.2) is 40.9 Å². The minimum absolute atomic E-state index is 0.0135. The molecule has 0 aliphatic carbocycles. The Labute approximate surface area is 142 Å². The van der Waals surface area contributed by atoms with Crippen molar-refractivity contribution in [1.82, 2.24) is 5.32 Å². The Morgan fingerprint density at radius 3 is 2.52 bits per heavy atom. The highest BCUT2D eigenvalue weighted by molar-refractivity contribution is 9.10. The summed E-state index contributed by atoms with van der Waals surface area (Å²) in [5.74, 6) is -0.215. The van der Waals surface area contributed by atoms with Crippen LogP contribution in [0.1, 0.15) is 24.1 Å². The maximum Gasteiger partial charge on any atom is 0.127 e. The van der Waals surface area contributed by atoms with Crippen molar-refractivity contribution in [1.29, 1.82) is 0 Å². The Morgan fingerprint density at radius 2 is 1.90 bits per heavy atom. The number of rotatable bonds is 5. The van der Waals surface area contributed by atoms with E-state index in [0.29, 0.717) is 22.0 Å². The van der Waals surface area contributed by atoms with Crippen molar-refractivity contribution in [2.75, 3.05) is 6.54 Å². The second-order valence-corrected chi connectivity index (χ2v) is 6.45. The zero-order chi connectivity index (χ0) is 15.4. The average Bonchev–Trinajstić information content (AvgIpc) is 2.44. The van der Waals surface area contributed by atoms with Gasteiger partial charge in [-0.2, -0.15) is 0 Å². The number of halogens is 4. The van der Waals surface area contributed by atoms with Crippen molar-refractivity contribution in [2.24, 2.45) is 0 Å². The second kappa shape index (κ2) is 7.59. The van der Waals surface area contributed by atoms with E-state index in [-0.39, 0.29) is 11.9 Å². The maximum atomic E-state index is 14.0. The molecule has 0 heterocycles. The molecule has 1 N–H and O–H groups in total. The van der Waals surface area contributed by atoms with Gasteiger partial charge in [0.25, 0.3) is 0 Å². The van der Waals surface area contributed by atoms with E-state index in [1.54, 1.807) is 12.1 Å². The number of hydrogen-bond acceptors (Lipinski definition) is 1. The molecule has 21 heavy (non-hydrogen) atoms. The van der Waals surface area contributed by atoms with Crippen molar-refractivity contribution >= 4 is 39.1 Å². The van der Waals surface area contributed by atoms with E-state index in [1.807, 2.05) is 25.1 Å². The second-order valence-electron chi connectivity index (χ2n) is 4.72. The third-order valence-electron chi connectivity index (χ3n) is 3.24. The predicted molar refractivity (Wildman–Crippen MR) is 90.7 cm³/mol. The minimum Gasteiger partial charge on any atom is -0.310 e. The fraction of sp³-hybridized carbons (Fsp3) is 0.250. The van der Waals surface area contributed by atoms with Gasteiger partial charge in [-0.25, -0.2) is 4.39 Å². The normalized spacial score (nSPS) is 12.4. The summed E-state index contributed by atoms with van der Waals surface area (Å²) in [4.78, 5) is 0. The van der Waals surface area contributed by atoms with Gasteiger partial charge in [-0.15, -0.1) is 0 Å². The molecule has 0 saturated carbocycles. The number of nitrogens with one attached hydrogen (secondary N) is 1. The SMILES string of the molecule is CCNC(Cc1ccc(Br)cc1F)c1ccc(Cl)c(Cl)c1. The van der Waals surface area contributed by atoms with Crippen LogP contribution >= 0.6 is 39.1 Å². The molecule has 112 valence electrons. The topological polar surface area (TPSA) is 12.0 Å². The fourth-order valence-electron chi connectivity index (χ4n) is 2.19. The minimum atomic E-state index is -0.215. The first-order chi connectivity index (χ1) is 10.0. The number of hydrogen-bond donors (Lipinski definition) is 1. The van der Waals surface area contributed by atoms with Crippen molar-refractivity contribution in [3.8, 4) is 0 Å². The van der Waals surface area contributed by atoms with Crippen molar-refractivity contribution in [3.63, 3.8) is 0 Å². The van der Waals surface area contributed by atoms with Crippen LogP contribution in [0.4, 0.5) is 4.39 Å². The van der Waals surface area contributed by atoms with E-state index in [0.717, 1.165) is 16.6 Å². The molecule has 0 spiro atoms. The van der Waals surface area contributed by atoms with Gasteiger partial charge in [0.05, 0.1) is 10.0 Å². The summed E-state index contributed by atoms with van der Waals surface area (Å²) >= 11 is 15.3. The van der Waals surface area contributed by atoms with Gasteiger partial charge < -0.3 is 5.32 Å². The molecular weight excluding hydrogens is 376 g/mol. The van der Waals surface area contributed by atoms with Crippen LogP contribution in [-0.4, -0.2) is 6.54 Å². The Kier molecular flexibility index (Phi) is 6.06. The molecule has 2 aromatic carbocycles. The van der Waals surface area contributed by atoms with E-state index < -0.39 is 0 Å². The summed E-state index contributed by atoms with van der Waals surface area (Å²) < 4.78 is 14.7. The fourth-order valence-corrected chi connectivity index (χ4v) is 2.83. The molecule has 1 unspecified atom stereocenters. The van der Waals surface area contributed by atoms with Crippen LogP contribution in [0.25, 0.3) is 0 Å². The van der Waals surface area contributed by atoms with Crippen molar-refractivity contribution < 1.29 is 4.39 Å². The summed E-state index contributed by atoms with van der Waals surface area (Å²) in [6, 6.07) is 10.6. The number of benzene rings is 2. The van der Waals surface area contributed by atoms with Gasteiger partial charge in [-0.3, -0.25) is 0 Å². The van der Waals surface area contributed by atoms with Crippen LogP contribution in [0.3, 0.4) is 0 Å². The highest BCUT2D eigenvalue weighted by Gasteiger charge is 2.15. The zero-order valence-electron chi connectivity index (χ0n) is 11.5. The van der Waals surface area contributed by atoms with E-state index in [9.17, 15) is 4.39 Å². The highest BCUT2D eigenvalue weighted by Crippen LogP contribution is 2.28. The maximum absolute atomic E-state index is 14.0. The Bertz CT molecular complexity index is 634. The molecule has 1 atom stereocenters. The molecular formula is C16H15BrCl2FN. The van der Waals surface area contributed by atoms with Gasteiger partial charge in [0, 0.05) is 10.5 Å². The van der Waals surface area contributed by atoms with Gasteiger partial charge >= 0.3 is 0 Å². The molecule has 2 rings (SSSR count). The van der Waals surface area contributed by atoms with Crippen molar-refractivity contribution in [3.05, 3.63) is 67.9 Å². The van der Waals surface area contributed by atoms with Gasteiger partial charge in [0.2, 0.25) is 0 Å². The van der Waals surface area contributed by atoms with E-state index >= 15 is 0 Å². The monoisotopic (exact) mass is 389 g/mol. The Balaban J connectivity index is 2.28. The first-order valence-electron chi connectivity index (χ1n) is 6.63. The molecule has 5 heteroatoms. The lowest BCUT2D eigenvalue weighted by atomic mass is 9.98. The lowest BCUT2D eigenvalue weighted by Gasteiger charge is -2.19. The summed E-state index contributed by atoms with van der Waals surface area (Å²) in [5.41, 5.74) is 1.66. The standard InChI is InChI=1S/C16H15BrCl2FN/c1-2-21-16(11-4-6-13(18)14(19)7-11)8-10-3-5-12(17)9-15(10)20/h3-7,9,16,21H,2,8H2,1H3. The molecule has 0 aliphatic heterocycles. The summed E-state index contributed by atoms with van der Waals surface area (Å²) in [6.07, 6.45) is 0.547. The van der Waals surface area contributed by atoms with Gasteiger partial charge in [-0.1, -0.05) is 58.2 Å². The van der Waals surface area contributed by atoms with Gasteiger partial charge in [0.15, 0.2) is 0 Å². The molecule has 0 bridgehead atoms. The van der Waals surface area contributed by atoms with E-state index in [2.05, 4.69) is 21.2 Å². The first kappa shape index (κ1) is 16.8. The van der Waals surface area contributed by atoms with Gasteiger partial charge in [-0.05, 0) is 48.4 Å². The summed E-state index contributed by atoms with van der Waals surface area (Å²) in [6.45, 7) is 2.80. The quantitative estimate of drug-likeness (QED) is 0.681. The first-order valence-corrected chi connectivity index (χ1v) is 8.18. The molecule has 0 radical (unpaired) electrons. The molecule has 0 amide bonds. The van der Waals surface area contributed by atoms with Crippen LogP contribution < -0.4 is 5.32 Å². The smallest absolute Gasteiger partial charge is 0.127 e. The third kappa shape index (κ3) is 4.43. The Hall–Kier alpha value is -0.610. The van der Waals surface area contributed by atoms with Crippen LogP contribution in [0.2, 0.25) is 10.0 Å². The zero-order valence-corrected chi connectivity index (χ0v) is 14.6. The predicted octanol–water partition coefficient (Wildman–Crippen LogP) is 5.79. The summed E-state index contributed by atoms with van der Waals surface area (Å²) in [5, 5.41) is 4.38. The molecule has 0 aliphatic rings. The molecule has 1 nitrogen and oxygen atoms in total. The number of likely N-dealkylation sites (N-methyl/N-ethyl adjacent to an activating group) is 1. The molecule has 0 saturated heterocycles. The molecule has 0 fully saturated rings. The van der Waals surface area contributed by atoms with Gasteiger partial charge in [0.1, 0.15) is 5.82 Å². The Morgan fingerprint density at radius 1 is 1.14 bits per heavy atom. The molecule has 2 aromatic rings.